The maximum atomic E-state index is 4.84. The lowest BCUT2D eigenvalue weighted by Gasteiger charge is -2.29. The molecule has 0 bridgehead atoms. The Morgan fingerprint density at radius 1 is 1.37 bits per heavy atom. The smallest absolute Gasteiger partial charge is 0.0931 e. The fourth-order valence-corrected chi connectivity index (χ4v) is 4.08. The lowest BCUT2D eigenvalue weighted by molar-refractivity contribution is 0.286. The lowest BCUT2D eigenvalue weighted by Crippen LogP contribution is -2.34. The van der Waals surface area contributed by atoms with Crippen LogP contribution in [0.4, 0.5) is 0 Å². The molecular weight excluding hydrogens is 252 g/mol. The zero-order chi connectivity index (χ0) is 13.9. The van der Waals surface area contributed by atoms with Crippen molar-refractivity contribution < 1.29 is 0 Å². The van der Waals surface area contributed by atoms with Crippen molar-refractivity contribution in [2.75, 3.05) is 6.54 Å². The molecule has 1 N–H and O–H groups in total. The molecule has 2 nitrogen and oxygen atoms in total. The van der Waals surface area contributed by atoms with Gasteiger partial charge in [-0.15, -0.1) is 11.3 Å². The van der Waals surface area contributed by atoms with Gasteiger partial charge in [0.25, 0.3) is 0 Å². The van der Waals surface area contributed by atoms with Gasteiger partial charge in [0, 0.05) is 23.3 Å². The maximum absolute atomic E-state index is 4.84. The molecule has 1 aromatic heterocycles. The molecule has 1 heterocycles. The molecule has 3 heteroatoms. The van der Waals surface area contributed by atoms with Crippen molar-refractivity contribution in [1.29, 1.82) is 0 Å². The van der Waals surface area contributed by atoms with Gasteiger partial charge >= 0.3 is 0 Å². The molecule has 1 saturated carbocycles. The largest absolute Gasteiger partial charge is 0.314 e. The van der Waals surface area contributed by atoms with Gasteiger partial charge in [-0.25, -0.2) is 4.98 Å². The molecule has 0 aromatic carbocycles. The summed E-state index contributed by atoms with van der Waals surface area (Å²) >= 11 is 1.85. The first-order valence-corrected chi connectivity index (χ1v) is 8.55. The van der Waals surface area contributed by atoms with E-state index in [1.54, 1.807) is 0 Å². The van der Waals surface area contributed by atoms with E-state index in [0.717, 1.165) is 18.5 Å². The SMILES string of the molecule is CCNC1CCCC(Cc2nc(C(C)(C)C)cs2)C1. The van der Waals surface area contributed by atoms with Crippen LogP contribution in [-0.2, 0) is 11.8 Å². The number of thiazole rings is 1. The van der Waals surface area contributed by atoms with Gasteiger partial charge in [-0.2, -0.15) is 0 Å². The Hall–Kier alpha value is -0.410. The summed E-state index contributed by atoms with van der Waals surface area (Å²) in [5.41, 5.74) is 1.44. The van der Waals surface area contributed by atoms with Crippen LogP contribution >= 0.6 is 11.3 Å². The van der Waals surface area contributed by atoms with E-state index in [1.807, 2.05) is 11.3 Å². The van der Waals surface area contributed by atoms with Gasteiger partial charge < -0.3 is 5.32 Å². The highest BCUT2D eigenvalue weighted by molar-refractivity contribution is 7.09. The highest BCUT2D eigenvalue weighted by Crippen LogP contribution is 2.30. The maximum Gasteiger partial charge on any atom is 0.0931 e. The van der Waals surface area contributed by atoms with Crippen LogP contribution in [0.3, 0.4) is 0 Å². The molecule has 1 aliphatic carbocycles. The molecule has 1 aliphatic rings. The molecular formula is C16H28N2S. The van der Waals surface area contributed by atoms with Crippen LogP contribution in [0.2, 0.25) is 0 Å². The van der Waals surface area contributed by atoms with E-state index in [1.165, 1.54) is 42.8 Å². The van der Waals surface area contributed by atoms with Gasteiger partial charge in [0.15, 0.2) is 0 Å². The van der Waals surface area contributed by atoms with E-state index in [2.05, 4.69) is 38.4 Å². The zero-order valence-corrected chi connectivity index (χ0v) is 13.6. The molecule has 0 saturated heterocycles. The van der Waals surface area contributed by atoms with E-state index in [-0.39, 0.29) is 5.41 Å². The number of aromatic nitrogens is 1. The number of rotatable bonds is 4. The van der Waals surface area contributed by atoms with Crippen molar-refractivity contribution in [3.05, 3.63) is 16.1 Å². The summed E-state index contributed by atoms with van der Waals surface area (Å²) < 4.78 is 0. The minimum Gasteiger partial charge on any atom is -0.314 e. The second-order valence-corrected chi connectivity index (χ2v) is 7.81. The highest BCUT2D eigenvalue weighted by atomic mass is 32.1. The zero-order valence-electron chi connectivity index (χ0n) is 12.8. The fourth-order valence-electron chi connectivity index (χ4n) is 2.95. The first kappa shape index (κ1) is 15.0. The van der Waals surface area contributed by atoms with Crippen molar-refractivity contribution >= 4 is 11.3 Å². The number of hydrogen-bond acceptors (Lipinski definition) is 3. The van der Waals surface area contributed by atoms with Crippen LogP contribution in [0, 0.1) is 5.92 Å². The topological polar surface area (TPSA) is 24.9 Å². The van der Waals surface area contributed by atoms with Crippen LogP contribution < -0.4 is 5.32 Å². The van der Waals surface area contributed by atoms with Crippen LogP contribution in [0.25, 0.3) is 0 Å². The van der Waals surface area contributed by atoms with E-state index in [4.69, 9.17) is 4.98 Å². The third-order valence-electron chi connectivity index (χ3n) is 4.06. The molecule has 1 fully saturated rings. The van der Waals surface area contributed by atoms with Gasteiger partial charge in [-0.1, -0.05) is 34.1 Å². The average Bonchev–Trinajstić information content (AvgIpc) is 2.78. The predicted octanol–water partition coefficient (Wildman–Crippen LogP) is 4.15. The minimum absolute atomic E-state index is 0.188. The summed E-state index contributed by atoms with van der Waals surface area (Å²) in [5, 5.41) is 7.20. The monoisotopic (exact) mass is 280 g/mol. The van der Waals surface area contributed by atoms with E-state index < -0.39 is 0 Å². The van der Waals surface area contributed by atoms with Crippen molar-refractivity contribution in [2.24, 2.45) is 5.92 Å². The third-order valence-corrected chi connectivity index (χ3v) is 4.93. The van der Waals surface area contributed by atoms with Gasteiger partial charge in [-0.3, -0.25) is 0 Å². The van der Waals surface area contributed by atoms with Gasteiger partial charge in [-0.05, 0) is 31.7 Å². The average molecular weight is 280 g/mol. The van der Waals surface area contributed by atoms with Crippen LogP contribution in [-0.4, -0.2) is 17.6 Å². The first-order valence-electron chi connectivity index (χ1n) is 7.67. The van der Waals surface area contributed by atoms with Crippen LogP contribution in [0.15, 0.2) is 5.38 Å². The Kier molecular flexibility index (Phi) is 5.02. The third kappa shape index (κ3) is 4.28. The summed E-state index contributed by atoms with van der Waals surface area (Å²) in [4.78, 5) is 4.84. The Morgan fingerprint density at radius 3 is 2.79 bits per heavy atom. The second-order valence-electron chi connectivity index (χ2n) is 6.87. The van der Waals surface area contributed by atoms with Gasteiger partial charge in [0.05, 0.1) is 10.7 Å². The summed E-state index contributed by atoms with van der Waals surface area (Å²) in [6.07, 6.45) is 6.63. The summed E-state index contributed by atoms with van der Waals surface area (Å²) in [6.45, 7) is 10.0. The molecule has 108 valence electrons. The Labute approximate surface area is 122 Å². The van der Waals surface area contributed by atoms with E-state index in [9.17, 15) is 0 Å². The van der Waals surface area contributed by atoms with Gasteiger partial charge in [0.1, 0.15) is 0 Å². The molecule has 2 unspecified atom stereocenters. The Morgan fingerprint density at radius 2 is 2.16 bits per heavy atom. The predicted molar refractivity (Wildman–Crippen MR) is 83.9 cm³/mol. The number of nitrogens with one attached hydrogen (secondary N) is 1. The first-order chi connectivity index (χ1) is 8.99. The highest BCUT2D eigenvalue weighted by Gasteiger charge is 2.23. The van der Waals surface area contributed by atoms with Crippen molar-refractivity contribution in [1.82, 2.24) is 10.3 Å². The van der Waals surface area contributed by atoms with Crippen molar-refractivity contribution in [2.45, 2.75) is 71.3 Å². The van der Waals surface area contributed by atoms with Crippen LogP contribution in [0.5, 0.6) is 0 Å². The molecule has 19 heavy (non-hydrogen) atoms. The summed E-state index contributed by atoms with van der Waals surface area (Å²) in [6, 6.07) is 0.741. The molecule has 2 atom stereocenters. The molecule has 0 radical (unpaired) electrons. The number of nitrogens with zero attached hydrogens (tertiary/aromatic N) is 1. The standard InChI is InChI=1S/C16H28N2S/c1-5-17-13-8-6-7-12(9-13)10-15-18-14(11-19-15)16(2,3)4/h11-13,17H,5-10H2,1-4H3. The molecule has 0 amide bonds. The number of hydrogen-bond donors (Lipinski definition) is 1. The summed E-state index contributed by atoms with van der Waals surface area (Å²) in [7, 11) is 0. The van der Waals surface area contributed by atoms with Crippen molar-refractivity contribution in [3.63, 3.8) is 0 Å². The molecule has 0 spiro atoms. The Bertz CT molecular complexity index is 390. The van der Waals surface area contributed by atoms with E-state index in [0.29, 0.717) is 0 Å². The molecule has 0 aliphatic heterocycles. The summed E-state index contributed by atoms with van der Waals surface area (Å²) in [5.74, 6) is 0.830. The Balaban J connectivity index is 1.92. The quantitative estimate of drug-likeness (QED) is 0.896. The molecule has 2 rings (SSSR count). The lowest BCUT2D eigenvalue weighted by atomic mass is 9.84. The second kappa shape index (κ2) is 6.36. The van der Waals surface area contributed by atoms with Crippen molar-refractivity contribution in [3.8, 4) is 0 Å². The van der Waals surface area contributed by atoms with E-state index >= 15 is 0 Å². The normalized spacial score (nSPS) is 24.6. The molecule has 1 aromatic rings. The fraction of sp³-hybridized carbons (Fsp3) is 0.812. The van der Waals surface area contributed by atoms with Crippen LogP contribution in [0.1, 0.15) is 64.1 Å². The minimum atomic E-state index is 0.188. The van der Waals surface area contributed by atoms with Gasteiger partial charge in [0.2, 0.25) is 0 Å².